The number of aromatic nitrogens is 4. The number of nitrogens with zero attached hydrogens (tertiary/aromatic N) is 3. The predicted molar refractivity (Wildman–Crippen MR) is 81.8 cm³/mol. The maximum atomic E-state index is 12.0. The summed E-state index contributed by atoms with van der Waals surface area (Å²) in [5.41, 5.74) is 0.730. The van der Waals surface area contributed by atoms with Gasteiger partial charge in [0, 0.05) is 19.2 Å². The van der Waals surface area contributed by atoms with Crippen molar-refractivity contribution < 1.29 is 4.79 Å². The fraction of sp³-hybridized carbons (Fsp3) is 0.214. The molecule has 0 fully saturated rings. The van der Waals surface area contributed by atoms with Crippen molar-refractivity contribution in [3.05, 3.63) is 39.0 Å². The number of amides is 1. The molecule has 0 saturated carbocycles. The zero-order chi connectivity index (χ0) is 15.9. The fourth-order valence-electron chi connectivity index (χ4n) is 2.05. The number of benzene rings is 1. The summed E-state index contributed by atoms with van der Waals surface area (Å²) >= 11 is 0. The number of nitrogens with one attached hydrogen (secondary N) is 2. The second-order valence-electron chi connectivity index (χ2n) is 4.82. The Bertz CT molecular complexity index is 1020. The van der Waals surface area contributed by atoms with Crippen LogP contribution in [0.25, 0.3) is 22.2 Å². The molecule has 8 nitrogen and oxygen atoms in total. The molecule has 0 saturated heterocycles. The van der Waals surface area contributed by atoms with Crippen molar-refractivity contribution in [2.75, 3.05) is 5.32 Å². The van der Waals surface area contributed by atoms with Crippen molar-refractivity contribution in [1.82, 2.24) is 19.5 Å². The lowest BCUT2D eigenvalue weighted by Crippen LogP contribution is -2.33. The highest BCUT2D eigenvalue weighted by Crippen LogP contribution is 2.17. The molecule has 0 bridgehead atoms. The minimum Gasteiger partial charge on any atom is -0.326 e. The molecule has 3 rings (SSSR count). The monoisotopic (exact) mass is 299 g/mol. The molecule has 112 valence electrons. The zero-order valence-corrected chi connectivity index (χ0v) is 12.0. The topological polar surface area (TPSA) is 110 Å². The highest BCUT2D eigenvalue weighted by molar-refractivity contribution is 5.93. The second kappa shape index (κ2) is 5.06. The van der Waals surface area contributed by atoms with Crippen LogP contribution in [-0.4, -0.2) is 25.4 Å². The van der Waals surface area contributed by atoms with Crippen molar-refractivity contribution in [1.29, 1.82) is 0 Å². The summed E-state index contributed by atoms with van der Waals surface area (Å²) in [6.07, 6.45) is 0.366. The number of fused-ring (bicyclic) bond motifs is 2. The molecule has 1 amide bonds. The van der Waals surface area contributed by atoms with E-state index < -0.39 is 11.2 Å². The van der Waals surface area contributed by atoms with Gasteiger partial charge in [-0.25, -0.2) is 14.8 Å². The Balaban J connectivity index is 2.24. The summed E-state index contributed by atoms with van der Waals surface area (Å²) in [5.74, 6) is -0.115. The van der Waals surface area contributed by atoms with E-state index in [1.54, 1.807) is 25.1 Å². The van der Waals surface area contributed by atoms with Crippen LogP contribution in [0.3, 0.4) is 0 Å². The number of carbonyl (C=O) groups excluding carboxylic acids is 1. The Kier molecular flexibility index (Phi) is 3.21. The van der Waals surface area contributed by atoms with Crippen LogP contribution in [0, 0.1) is 0 Å². The number of anilines is 1. The lowest BCUT2D eigenvalue weighted by atomic mass is 10.2. The number of aromatic amines is 1. The van der Waals surface area contributed by atoms with Crippen molar-refractivity contribution in [2.24, 2.45) is 7.05 Å². The van der Waals surface area contributed by atoms with Gasteiger partial charge in [0.15, 0.2) is 11.2 Å². The van der Waals surface area contributed by atoms with Crippen molar-refractivity contribution >= 4 is 33.8 Å². The largest absolute Gasteiger partial charge is 0.329 e. The summed E-state index contributed by atoms with van der Waals surface area (Å²) in [4.78, 5) is 46.1. The summed E-state index contributed by atoms with van der Waals surface area (Å²) in [6, 6.07) is 5.00. The molecular formula is C14H13N5O3. The molecule has 8 heteroatoms. The van der Waals surface area contributed by atoms with Gasteiger partial charge in [-0.3, -0.25) is 19.1 Å². The van der Waals surface area contributed by atoms with Gasteiger partial charge in [0.05, 0.1) is 11.0 Å². The first-order valence-corrected chi connectivity index (χ1v) is 6.70. The Morgan fingerprint density at radius 2 is 2.05 bits per heavy atom. The van der Waals surface area contributed by atoms with E-state index in [1.807, 2.05) is 0 Å². The quantitative estimate of drug-likeness (QED) is 0.670. The molecule has 0 radical (unpaired) electrons. The first-order chi connectivity index (χ1) is 10.5. The van der Waals surface area contributed by atoms with E-state index in [2.05, 4.69) is 20.3 Å². The molecule has 0 atom stereocenters. The average molecular weight is 299 g/mol. The van der Waals surface area contributed by atoms with Gasteiger partial charge < -0.3 is 5.32 Å². The summed E-state index contributed by atoms with van der Waals surface area (Å²) in [7, 11) is 1.37. The third kappa shape index (κ3) is 2.24. The molecule has 0 aliphatic carbocycles. The minimum absolute atomic E-state index is 0.0972. The molecule has 0 spiro atoms. The van der Waals surface area contributed by atoms with E-state index >= 15 is 0 Å². The van der Waals surface area contributed by atoms with E-state index in [1.165, 1.54) is 7.05 Å². The summed E-state index contributed by atoms with van der Waals surface area (Å²) < 4.78 is 0.943. The van der Waals surface area contributed by atoms with Crippen molar-refractivity contribution in [3.8, 4) is 0 Å². The summed E-state index contributed by atoms with van der Waals surface area (Å²) in [5, 5.41) is 2.72. The molecule has 1 aromatic carbocycles. The number of carbonyl (C=O) groups is 1. The van der Waals surface area contributed by atoms with Crippen molar-refractivity contribution in [3.63, 3.8) is 0 Å². The molecule has 0 aliphatic rings. The smallest absolute Gasteiger partial charge is 0.326 e. The standard InChI is InChI=1S/C14H13N5O3/c1-3-10(20)15-7-4-5-8-9(6-7)17-12-11(16-8)13(21)19(2)14(22)18-12/h4-6H,3H2,1-2H3,(H,15,20)(H,17,18,22). The minimum atomic E-state index is -0.554. The molecule has 22 heavy (non-hydrogen) atoms. The third-order valence-corrected chi connectivity index (χ3v) is 3.31. The Morgan fingerprint density at radius 3 is 2.77 bits per heavy atom. The van der Waals surface area contributed by atoms with E-state index in [0.29, 0.717) is 23.1 Å². The Morgan fingerprint density at radius 1 is 1.27 bits per heavy atom. The van der Waals surface area contributed by atoms with Crippen LogP contribution in [0.2, 0.25) is 0 Å². The maximum absolute atomic E-state index is 12.0. The van der Waals surface area contributed by atoms with Gasteiger partial charge in [0.1, 0.15) is 0 Å². The van der Waals surface area contributed by atoms with Crippen LogP contribution in [-0.2, 0) is 11.8 Å². The SMILES string of the molecule is CCC(=O)Nc1ccc2nc3c(=O)n(C)c(=O)[nH]c3nc2c1. The number of H-pyrrole nitrogens is 1. The van der Waals surface area contributed by atoms with Gasteiger partial charge in [0.25, 0.3) is 5.56 Å². The van der Waals surface area contributed by atoms with Gasteiger partial charge in [-0.15, -0.1) is 0 Å². The van der Waals surface area contributed by atoms with Gasteiger partial charge >= 0.3 is 5.69 Å². The molecule has 3 aromatic rings. The number of hydrogen-bond acceptors (Lipinski definition) is 5. The highest BCUT2D eigenvalue weighted by atomic mass is 16.2. The van der Waals surface area contributed by atoms with Crippen LogP contribution in [0.5, 0.6) is 0 Å². The van der Waals surface area contributed by atoms with E-state index in [-0.39, 0.29) is 17.1 Å². The summed E-state index contributed by atoms with van der Waals surface area (Å²) in [6.45, 7) is 1.75. The number of rotatable bonds is 2. The predicted octanol–water partition coefficient (Wildman–Crippen LogP) is 0.518. The molecule has 0 aliphatic heterocycles. The normalized spacial score (nSPS) is 11.0. The van der Waals surface area contributed by atoms with Gasteiger partial charge in [-0.2, -0.15) is 0 Å². The maximum Gasteiger partial charge on any atom is 0.329 e. The van der Waals surface area contributed by atoms with Crippen LogP contribution in [0.4, 0.5) is 5.69 Å². The van der Waals surface area contributed by atoms with Crippen LogP contribution in [0.1, 0.15) is 13.3 Å². The first-order valence-electron chi connectivity index (χ1n) is 6.70. The van der Waals surface area contributed by atoms with E-state index in [4.69, 9.17) is 0 Å². The first kappa shape index (κ1) is 13.9. The van der Waals surface area contributed by atoms with Crippen molar-refractivity contribution in [2.45, 2.75) is 13.3 Å². The molecular weight excluding hydrogens is 286 g/mol. The van der Waals surface area contributed by atoms with Crippen LogP contribution in [0.15, 0.2) is 27.8 Å². The van der Waals surface area contributed by atoms with Crippen LogP contribution < -0.4 is 16.6 Å². The average Bonchev–Trinajstić information content (AvgIpc) is 2.51. The molecule has 2 N–H and O–H groups in total. The highest BCUT2D eigenvalue weighted by Gasteiger charge is 2.10. The second-order valence-corrected chi connectivity index (χ2v) is 4.82. The lowest BCUT2D eigenvalue weighted by Gasteiger charge is -2.06. The van der Waals surface area contributed by atoms with Gasteiger partial charge in [-0.05, 0) is 18.2 Å². The number of hydrogen-bond donors (Lipinski definition) is 2. The van der Waals surface area contributed by atoms with Gasteiger partial charge in [-0.1, -0.05) is 6.92 Å². The lowest BCUT2D eigenvalue weighted by molar-refractivity contribution is -0.115. The van der Waals surface area contributed by atoms with E-state index in [0.717, 1.165) is 4.57 Å². The third-order valence-electron chi connectivity index (χ3n) is 3.31. The van der Waals surface area contributed by atoms with E-state index in [9.17, 15) is 14.4 Å². The zero-order valence-electron chi connectivity index (χ0n) is 12.0. The molecule has 0 unspecified atom stereocenters. The van der Waals surface area contributed by atoms with Gasteiger partial charge in [0.2, 0.25) is 5.91 Å². The Labute approximate surface area is 123 Å². The fourth-order valence-corrected chi connectivity index (χ4v) is 2.05. The molecule has 2 heterocycles. The molecule has 2 aromatic heterocycles. The Hall–Kier alpha value is -3.03. The van der Waals surface area contributed by atoms with Crippen LogP contribution >= 0.6 is 0 Å².